The molecule has 0 saturated carbocycles. The van der Waals surface area contributed by atoms with Crippen LogP contribution in [0.2, 0.25) is 0 Å². The summed E-state index contributed by atoms with van der Waals surface area (Å²) in [5, 5.41) is 4.59. The van der Waals surface area contributed by atoms with Gasteiger partial charge in [0.25, 0.3) is 0 Å². The van der Waals surface area contributed by atoms with E-state index in [9.17, 15) is 0 Å². The van der Waals surface area contributed by atoms with Crippen LogP contribution in [0.5, 0.6) is 0 Å². The lowest BCUT2D eigenvalue weighted by molar-refractivity contribution is 0.480. The molecule has 1 aliphatic heterocycles. The van der Waals surface area contributed by atoms with E-state index in [4.69, 9.17) is 0 Å². The lowest BCUT2D eigenvalue weighted by Crippen LogP contribution is -2.11. The van der Waals surface area contributed by atoms with E-state index in [1.54, 1.807) is 0 Å². The van der Waals surface area contributed by atoms with Crippen LogP contribution < -0.4 is 4.90 Å². The van der Waals surface area contributed by atoms with Gasteiger partial charge in [-0.05, 0) is 37.1 Å². The fraction of sp³-hybridized carbons (Fsp3) is 0.429. The highest BCUT2D eigenvalue weighted by Gasteiger charge is 2.14. The summed E-state index contributed by atoms with van der Waals surface area (Å²) in [7, 11) is 4.09. The molecule has 1 aliphatic rings. The number of nitrogens with zero attached hydrogens (tertiary/aromatic N) is 4. The van der Waals surface area contributed by atoms with Gasteiger partial charge in [-0.25, -0.2) is 9.67 Å². The van der Waals surface area contributed by atoms with E-state index in [2.05, 4.69) is 43.9 Å². The highest BCUT2D eigenvalue weighted by molar-refractivity contribution is 5.60. The Morgan fingerprint density at radius 1 is 1.11 bits per heavy atom. The Hall–Kier alpha value is -1.84. The fourth-order valence-electron chi connectivity index (χ4n) is 2.31. The maximum atomic E-state index is 4.63. The molecular weight excluding hydrogens is 224 g/mol. The van der Waals surface area contributed by atoms with Crippen LogP contribution in [-0.4, -0.2) is 28.9 Å². The highest BCUT2D eigenvalue weighted by atomic mass is 15.3. The minimum absolute atomic E-state index is 0.859. The Kier molecular flexibility index (Phi) is 2.78. The minimum Gasteiger partial charge on any atom is -0.378 e. The normalized spacial score (nSPS) is 14.3. The molecule has 0 spiro atoms. The first-order valence-electron chi connectivity index (χ1n) is 6.45. The molecule has 0 amide bonds. The number of anilines is 1. The van der Waals surface area contributed by atoms with Gasteiger partial charge in [0.2, 0.25) is 0 Å². The average Bonchev–Trinajstić information content (AvgIpc) is 2.82. The van der Waals surface area contributed by atoms with Gasteiger partial charge < -0.3 is 4.90 Å². The molecule has 18 heavy (non-hydrogen) atoms. The molecule has 94 valence electrons. The average molecular weight is 242 g/mol. The van der Waals surface area contributed by atoms with Crippen molar-refractivity contribution in [3.63, 3.8) is 0 Å². The number of aromatic nitrogens is 3. The second-order valence-electron chi connectivity index (χ2n) is 4.97. The Labute approximate surface area is 107 Å². The fourth-order valence-corrected chi connectivity index (χ4v) is 2.31. The van der Waals surface area contributed by atoms with E-state index in [0.29, 0.717) is 0 Å². The van der Waals surface area contributed by atoms with Crippen molar-refractivity contribution in [1.82, 2.24) is 14.8 Å². The van der Waals surface area contributed by atoms with Crippen molar-refractivity contribution >= 4 is 5.69 Å². The van der Waals surface area contributed by atoms with Crippen LogP contribution in [0, 0.1) is 0 Å². The van der Waals surface area contributed by atoms with E-state index in [1.807, 2.05) is 14.1 Å². The van der Waals surface area contributed by atoms with Crippen molar-refractivity contribution in [2.75, 3.05) is 19.0 Å². The molecule has 0 atom stereocenters. The molecular formula is C14H18N4. The summed E-state index contributed by atoms with van der Waals surface area (Å²) in [6.07, 6.45) is 3.51. The Morgan fingerprint density at radius 3 is 2.56 bits per heavy atom. The van der Waals surface area contributed by atoms with Crippen LogP contribution >= 0.6 is 0 Å². The third kappa shape index (κ3) is 1.98. The molecule has 1 aromatic carbocycles. The third-order valence-corrected chi connectivity index (χ3v) is 3.41. The largest absolute Gasteiger partial charge is 0.378 e. The van der Waals surface area contributed by atoms with Crippen molar-refractivity contribution in [1.29, 1.82) is 0 Å². The predicted molar refractivity (Wildman–Crippen MR) is 72.7 cm³/mol. The van der Waals surface area contributed by atoms with Crippen molar-refractivity contribution in [2.24, 2.45) is 0 Å². The van der Waals surface area contributed by atoms with Gasteiger partial charge in [0.1, 0.15) is 5.82 Å². The second-order valence-corrected chi connectivity index (χ2v) is 4.97. The molecule has 2 heterocycles. The number of rotatable bonds is 2. The second kappa shape index (κ2) is 4.44. The van der Waals surface area contributed by atoms with Crippen LogP contribution in [0.4, 0.5) is 5.69 Å². The summed E-state index contributed by atoms with van der Waals surface area (Å²) in [6.45, 7) is 1.01. The van der Waals surface area contributed by atoms with Crippen molar-refractivity contribution in [3.8, 4) is 11.4 Å². The van der Waals surface area contributed by atoms with Crippen LogP contribution in [0.25, 0.3) is 11.4 Å². The molecule has 0 aliphatic carbocycles. The summed E-state index contributed by atoms with van der Waals surface area (Å²) in [5.74, 6) is 1.99. The zero-order valence-electron chi connectivity index (χ0n) is 10.9. The van der Waals surface area contributed by atoms with Gasteiger partial charge in [0.05, 0.1) is 0 Å². The molecule has 0 fully saturated rings. The Morgan fingerprint density at radius 2 is 1.89 bits per heavy atom. The Balaban J connectivity index is 1.92. The first-order valence-corrected chi connectivity index (χ1v) is 6.45. The van der Waals surface area contributed by atoms with Gasteiger partial charge in [0.15, 0.2) is 5.82 Å². The number of hydrogen-bond donors (Lipinski definition) is 0. The predicted octanol–water partition coefficient (Wildman–Crippen LogP) is 2.35. The molecule has 0 radical (unpaired) electrons. The quantitative estimate of drug-likeness (QED) is 0.810. The lowest BCUT2D eigenvalue weighted by Gasteiger charge is -2.11. The van der Waals surface area contributed by atoms with E-state index in [-0.39, 0.29) is 0 Å². The number of fused-ring (bicyclic) bond motifs is 1. The van der Waals surface area contributed by atoms with Gasteiger partial charge in [-0.3, -0.25) is 0 Å². The topological polar surface area (TPSA) is 34.0 Å². The Bertz CT molecular complexity index is 516. The van der Waals surface area contributed by atoms with Crippen LogP contribution in [-0.2, 0) is 13.0 Å². The highest BCUT2D eigenvalue weighted by Crippen LogP contribution is 2.22. The molecule has 0 bridgehead atoms. The molecule has 1 aromatic heterocycles. The molecule has 0 unspecified atom stereocenters. The van der Waals surface area contributed by atoms with Crippen molar-refractivity contribution in [3.05, 3.63) is 30.1 Å². The van der Waals surface area contributed by atoms with Crippen molar-refractivity contribution < 1.29 is 0 Å². The van der Waals surface area contributed by atoms with Gasteiger partial charge in [-0.2, -0.15) is 5.10 Å². The summed E-state index contributed by atoms with van der Waals surface area (Å²) in [6, 6.07) is 8.40. The van der Waals surface area contributed by atoms with Crippen LogP contribution in [0.3, 0.4) is 0 Å². The summed E-state index contributed by atoms with van der Waals surface area (Å²) in [4.78, 5) is 6.73. The maximum Gasteiger partial charge on any atom is 0.181 e. The molecule has 3 rings (SSSR count). The number of benzene rings is 1. The molecule has 0 N–H and O–H groups in total. The van der Waals surface area contributed by atoms with Crippen molar-refractivity contribution in [2.45, 2.75) is 25.8 Å². The molecule has 0 saturated heterocycles. The van der Waals surface area contributed by atoms with E-state index < -0.39 is 0 Å². The van der Waals surface area contributed by atoms with Crippen LogP contribution in [0.15, 0.2) is 24.3 Å². The standard InChI is InChI=1S/C14H18N4/c1-17(2)12-8-6-11(7-9-12)14-15-13-5-3-4-10-18(13)16-14/h6-9H,3-5,10H2,1-2H3. The number of hydrogen-bond acceptors (Lipinski definition) is 3. The maximum absolute atomic E-state index is 4.63. The van der Waals surface area contributed by atoms with E-state index in [0.717, 1.165) is 30.2 Å². The van der Waals surface area contributed by atoms with Gasteiger partial charge >= 0.3 is 0 Å². The summed E-state index contributed by atoms with van der Waals surface area (Å²) < 4.78 is 2.05. The van der Waals surface area contributed by atoms with Crippen LogP contribution in [0.1, 0.15) is 18.7 Å². The van der Waals surface area contributed by atoms with E-state index in [1.165, 1.54) is 18.5 Å². The minimum atomic E-state index is 0.859. The number of aryl methyl sites for hydroxylation is 2. The summed E-state index contributed by atoms with van der Waals surface area (Å²) in [5.41, 5.74) is 2.30. The zero-order chi connectivity index (χ0) is 12.5. The first-order chi connectivity index (χ1) is 8.74. The van der Waals surface area contributed by atoms with E-state index >= 15 is 0 Å². The molecule has 4 heteroatoms. The molecule has 4 nitrogen and oxygen atoms in total. The first kappa shape index (κ1) is 11.3. The third-order valence-electron chi connectivity index (χ3n) is 3.41. The van der Waals surface area contributed by atoms with Gasteiger partial charge in [0, 0.05) is 38.3 Å². The van der Waals surface area contributed by atoms with Gasteiger partial charge in [-0.1, -0.05) is 0 Å². The monoisotopic (exact) mass is 242 g/mol. The molecule has 2 aromatic rings. The SMILES string of the molecule is CN(C)c1ccc(-c2nc3n(n2)CCCC3)cc1. The summed E-state index contributed by atoms with van der Waals surface area (Å²) >= 11 is 0. The zero-order valence-corrected chi connectivity index (χ0v) is 10.9. The lowest BCUT2D eigenvalue weighted by atomic mass is 10.2. The smallest absolute Gasteiger partial charge is 0.181 e. The van der Waals surface area contributed by atoms with Gasteiger partial charge in [-0.15, -0.1) is 0 Å².